The highest BCUT2D eigenvalue weighted by atomic mass is 28.4. The van der Waals surface area contributed by atoms with Gasteiger partial charge in [-0.25, -0.2) is 0 Å². The molecule has 0 saturated carbocycles. The molecule has 0 fully saturated rings. The Hall–Kier alpha value is 0.137. The van der Waals surface area contributed by atoms with Crippen LogP contribution in [0.15, 0.2) is 0 Å². The largest absolute Gasteiger partial charge is 0.417 e. The van der Waals surface area contributed by atoms with Gasteiger partial charge in [-0.05, 0) is 31.1 Å². The van der Waals surface area contributed by atoms with Crippen molar-refractivity contribution in [2.75, 3.05) is 13.2 Å². The highest BCUT2D eigenvalue weighted by Gasteiger charge is 2.29. The van der Waals surface area contributed by atoms with E-state index in [1.54, 1.807) is 0 Å². The van der Waals surface area contributed by atoms with E-state index in [0.29, 0.717) is 0 Å². The molecule has 2 N–H and O–H groups in total. The Balaban J connectivity index is 3.95. The van der Waals surface area contributed by atoms with Gasteiger partial charge in [-0.15, -0.1) is 0 Å². The zero-order chi connectivity index (χ0) is 9.45. The fourth-order valence-electron chi connectivity index (χ4n) is 1.46. The zero-order valence-electron chi connectivity index (χ0n) is 8.73. The minimum Gasteiger partial charge on any atom is -0.417 e. The first kappa shape index (κ1) is 12.1. The van der Waals surface area contributed by atoms with Crippen LogP contribution in [0.4, 0.5) is 0 Å². The highest BCUT2D eigenvalue weighted by molar-refractivity contribution is 6.73. The third kappa shape index (κ3) is 3.69. The number of rotatable bonds is 7. The Morgan fingerprint density at radius 3 is 2.08 bits per heavy atom. The van der Waals surface area contributed by atoms with E-state index in [1.807, 2.05) is 0 Å². The van der Waals surface area contributed by atoms with Gasteiger partial charge in [0.2, 0.25) is 0 Å². The van der Waals surface area contributed by atoms with E-state index in [1.165, 1.54) is 12.1 Å². The van der Waals surface area contributed by atoms with Gasteiger partial charge < -0.3 is 10.2 Å². The summed E-state index contributed by atoms with van der Waals surface area (Å²) in [6, 6.07) is 3.54. The molecular weight excluding hydrogens is 166 g/mol. The molecule has 0 spiro atoms. The summed E-state index contributed by atoms with van der Waals surface area (Å²) in [6.45, 7) is 8.35. The van der Waals surface area contributed by atoms with Gasteiger partial charge in [-0.1, -0.05) is 20.8 Å². The number of hydrogen-bond donors (Lipinski definition) is 1. The first-order chi connectivity index (χ1) is 5.74. The van der Waals surface area contributed by atoms with Gasteiger partial charge in [0.15, 0.2) is 8.32 Å². The first-order valence-corrected chi connectivity index (χ1v) is 7.61. The van der Waals surface area contributed by atoms with Gasteiger partial charge in [-0.2, -0.15) is 0 Å². The molecule has 0 aliphatic carbocycles. The van der Waals surface area contributed by atoms with Crippen molar-refractivity contribution in [1.82, 2.24) is 0 Å². The summed E-state index contributed by atoms with van der Waals surface area (Å²) in [5.74, 6) is 0. The van der Waals surface area contributed by atoms with Crippen molar-refractivity contribution < 1.29 is 4.43 Å². The maximum absolute atomic E-state index is 5.98. The lowest BCUT2D eigenvalue weighted by Gasteiger charge is -2.28. The predicted octanol–water partition coefficient (Wildman–Crippen LogP) is 2.36. The molecule has 0 bridgehead atoms. The summed E-state index contributed by atoms with van der Waals surface area (Å²) in [6.07, 6.45) is 1.12. The molecule has 0 atom stereocenters. The maximum atomic E-state index is 5.98. The minimum absolute atomic E-state index is 0.789. The lowest BCUT2D eigenvalue weighted by atomic mass is 10.5. The van der Waals surface area contributed by atoms with Gasteiger partial charge >= 0.3 is 0 Å². The molecule has 0 aliphatic heterocycles. The van der Waals surface area contributed by atoms with Crippen LogP contribution >= 0.6 is 0 Å². The summed E-state index contributed by atoms with van der Waals surface area (Å²) in [5, 5.41) is 0. The van der Waals surface area contributed by atoms with E-state index in [0.717, 1.165) is 25.6 Å². The molecule has 0 aromatic heterocycles. The summed E-state index contributed by atoms with van der Waals surface area (Å²) in [4.78, 5) is 0. The topological polar surface area (TPSA) is 35.2 Å². The van der Waals surface area contributed by atoms with Crippen LogP contribution in [-0.4, -0.2) is 21.5 Å². The van der Waals surface area contributed by atoms with Crippen LogP contribution in [0.2, 0.25) is 18.1 Å². The molecule has 0 aliphatic rings. The molecule has 0 aromatic carbocycles. The van der Waals surface area contributed by atoms with Crippen molar-refractivity contribution in [3.8, 4) is 0 Å². The van der Waals surface area contributed by atoms with Crippen LogP contribution in [0.1, 0.15) is 27.2 Å². The first-order valence-electron chi connectivity index (χ1n) is 5.08. The normalized spacial score (nSPS) is 12.0. The van der Waals surface area contributed by atoms with E-state index in [4.69, 9.17) is 10.2 Å². The Labute approximate surface area is 77.6 Å². The quantitative estimate of drug-likeness (QED) is 0.624. The van der Waals surface area contributed by atoms with Crippen LogP contribution in [0, 0.1) is 0 Å². The average Bonchev–Trinajstić information content (AvgIpc) is 2.13. The standard InChI is InChI=1S/C9H23NOSi/c1-4-8-11-12(5-2,6-3)9-7-10/h4-10H2,1-3H3. The van der Waals surface area contributed by atoms with E-state index in [-0.39, 0.29) is 0 Å². The van der Waals surface area contributed by atoms with E-state index in [9.17, 15) is 0 Å². The van der Waals surface area contributed by atoms with Gasteiger partial charge in [0.05, 0.1) is 0 Å². The predicted molar refractivity (Wildman–Crippen MR) is 56.8 cm³/mol. The second-order valence-corrected chi connectivity index (χ2v) is 7.85. The number of nitrogens with two attached hydrogens (primary N) is 1. The molecule has 12 heavy (non-hydrogen) atoms. The second kappa shape index (κ2) is 6.63. The monoisotopic (exact) mass is 189 g/mol. The second-order valence-electron chi connectivity index (χ2n) is 3.28. The molecular formula is C9H23NOSi. The van der Waals surface area contributed by atoms with E-state index in [2.05, 4.69) is 20.8 Å². The Morgan fingerprint density at radius 1 is 1.17 bits per heavy atom. The van der Waals surface area contributed by atoms with Crippen molar-refractivity contribution >= 4 is 8.32 Å². The van der Waals surface area contributed by atoms with Crippen LogP contribution in [0.5, 0.6) is 0 Å². The van der Waals surface area contributed by atoms with Crippen LogP contribution < -0.4 is 5.73 Å². The van der Waals surface area contributed by atoms with Crippen molar-refractivity contribution in [2.45, 2.75) is 45.3 Å². The third-order valence-corrected chi connectivity index (χ3v) is 7.09. The Bertz CT molecular complexity index is 105. The van der Waals surface area contributed by atoms with Crippen molar-refractivity contribution in [3.63, 3.8) is 0 Å². The van der Waals surface area contributed by atoms with Crippen LogP contribution in [0.3, 0.4) is 0 Å². The fraction of sp³-hybridized carbons (Fsp3) is 1.00. The maximum Gasteiger partial charge on any atom is 0.193 e. The van der Waals surface area contributed by atoms with Gasteiger partial charge in [0, 0.05) is 6.61 Å². The molecule has 0 saturated heterocycles. The van der Waals surface area contributed by atoms with Crippen molar-refractivity contribution in [1.29, 1.82) is 0 Å². The van der Waals surface area contributed by atoms with Crippen molar-refractivity contribution in [3.05, 3.63) is 0 Å². The summed E-state index contributed by atoms with van der Waals surface area (Å²) in [5.41, 5.74) is 5.59. The SMILES string of the molecule is CCCO[Si](CC)(CC)CCN. The fourth-order valence-corrected chi connectivity index (χ4v) is 4.38. The van der Waals surface area contributed by atoms with Crippen LogP contribution in [-0.2, 0) is 4.43 Å². The van der Waals surface area contributed by atoms with Crippen molar-refractivity contribution in [2.24, 2.45) is 5.73 Å². The molecule has 0 radical (unpaired) electrons. The van der Waals surface area contributed by atoms with E-state index >= 15 is 0 Å². The lowest BCUT2D eigenvalue weighted by molar-refractivity contribution is 0.298. The summed E-state index contributed by atoms with van der Waals surface area (Å²) < 4.78 is 5.98. The third-order valence-electron chi connectivity index (χ3n) is 2.50. The van der Waals surface area contributed by atoms with Gasteiger partial charge in [0.1, 0.15) is 0 Å². The molecule has 0 amide bonds. The molecule has 2 nitrogen and oxygen atoms in total. The summed E-state index contributed by atoms with van der Waals surface area (Å²) >= 11 is 0. The molecule has 74 valence electrons. The molecule has 3 heteroatoms. The molecule has 0 unspecified atom stereocenters. The molecule has 0 rings (SSSR count). The number of hydrogen-bond acceptors (Lipinski definition) is 2. The van der Waals surface area contributed by atoms with Crippen LogP contribution in [0.25, 0.3) is 0 Å². The van der Waals surface area contributed by atoms with E-state index < -0.39 is 8.32 Å². The van der Waals surface area contributed by atoms with Gasteiger partial charge in [0.25, 0.3) is 0 Å². The average molecular weight is 189 g/mol. The minimum atomic E-state index is -1.39. The zero-order valence-corrected chi connectivity index (χ0v) is 9.73. The highest BCUT2D eigenvalue weighted by Crippen LogP contribution is 2.21. The Morgan fingerprint density at radius 2 is 1.75 bits per heavy atom. The lowest BCUT2D eigenvalue weighted by Crippen LogP contribution is -2.39. The van der Waals surface area contributed by atoms with Gasteiger partial charge in [-0.3, -0.25) is 0 Å². The Kier molecular flexibility index (Phi) is 6.71. The molecule has 0 aromatic rings. The summed E-state index contributed by atoms with van der Waals surface area (Å²) in [7, 11) is -1.39. The molecule has 0 heterocycles. The smallest absolute Gasteiger partial charge is 0.193 e.